The maximum absolute atomic E-state index is 13.3. The summed E-state index contributed by atoms with van der Waals surface area (Å²) >= 11 is 0. The van der Waals surface area contributed by atoms with E-state index in [0.717, 1.165) is 38.9 Å². The number of nitrogens with one attached hydrogen (secondary N) is 2. The van der Waals surface area contributed by atoms with E-state index >= 15 is 0 Å². The Morgan fingerprint density at radius 3 is 2.55 bits per heavy atom. The molecule has 0 spiro atoms. The van der Waals surface area contributed by atoms with Gasteiger partial charge in [-0.25, -0.2) is 14.4 Å². The predicted octanol–water partition coefficient (Wildman–Crippen LogP) is 4.10. The average molecular weight is 410 g/mol. The van der Waals surface area contributed by atoms with Gasteiger partial charge in [0, 0.05) is 30.6 Å². The first-order valence-corrected chi connectivity index (χ1v) is 9.60. The molecule has 150 valence electrons. The zero-order chi connectivity index (χ0) is 20.9. The van der Waals surface area contributed by atoms with E-state index in [9.17, 15) is 4.39 Å². The molecule has 0 atom stereocenters. The van der Waals surface area contributed by atoms with Gasteiger partial charge in [-0.15, -0.1) is 0 Å². The molecule has 0 amide bonds. The van der Waals surface area contributed by atoms with Crippen LogP contribution >= 0.6 is 0 Å². The molecule has 0 saturated carbocycles. The normalized spacial score (nSPS) is 11.5. The lowest BCUT2D eigenvalue weighted by molar-refractivity contribution is 0.628. The van der Waals surface area contributed by atoms with Crippen LogP contribution < -0.4 is 0 Å². The second-order valence-corrected chi connectivity index (χ2v) is 7.24. The number of hydrogen-bond acceptors (Lipinski definition) is 5. The van der Waals surface area contributed by atoms with Crippen molar-refractivity contribution in [2.75, 3.05) is 0 Å². The minimum Gasteiger partial charge on any atom is -0.335 e. The first-order valence-electron chi connectivity index (χ1n) is 9.60. The van der Waals surface area contributed by atoms with E-state index in [2.05, 4.69) is 25.3 Å². The largest absolute Gasteiger partial charge is 0.335 e. The van der Waals surface area contributed by atoms with Gasteiger partial charge in [0.15, 0.2) is 11.5 Å². The zero-order valence-corrected chi connectivity index (χ0v) is 16.3. The maximum Gasteiger partial charge on any atom is 0.161 e. The fourth-order valence-electron chi connectivity index (χ4n) is 3.66. The SMILES string of the molecule is Cn1cc(-c2ccc3[nH]nc(-c4nc5c(-c6ccc(F)cc6)cncc5[nH]4)c3n2)cn1. The highest BCUT2D eigenvalue weighted by Crippen LogP contribution is 2.31. The van der Waals surface area contributed by atoms with Crippen LogP contribution in [-0.4, -0.2) is 39.9 Å². The summed E-state index contributed by atoms with van der Waals surface area (Å²) in [5, 5.41) is 11.7. The Labute approximate surface area is 174 Å². The monoisotopic (exact) mass is 410 g/mol. The Morgan fingerprint density at radius 1 is 0.871 bits per heavy atom. The average Bonchev–Trinajstić information content (AvgIpc) is 3.51. The molecule has 31 heavy (non-hydrogen) atoms. The Balaban J connectivity index is 1.50. The van der Waals surface area contributed by atoms with Gasteiger partial charge in [0.2, 0.25) is 0 Å². The van der Waals surface area contributed by atoms with Crippen LogP contribution in [0.5, 0.6) is 0 Å². The van der Waals surface area contributed by atoms with Crippen molar-refractivity contribution >= 4 is 22.1 Å². The van der Waals surface area contributed by atoms with Gasteiger partial charge in [0.25, 0.3) is 0 Å². The highest BCUT2D eigenvalue weighted by Gasteiger charge is 2.17. The van der Waals surface area contributed by atoms with Gasteiger partial charge in [-0.2, -0.15) is 10.2 Å². The molecule has 0 aliphatic heterocycles. The third-order valence-corrected chi connectivity index (χ3v) is 5.18. The molecule has 6 rings (SSSR count). The van der Waals surface area contributed by atoms with Crippen LogP contribution in [0.1, 0.15) is 0 Å². The number of pyridine rings is 2. The van der Waals surface area contributed by atoms with Crippen LogP contribution in [0.25, 0.3) is 56.0 Å². The molecular formula is C22H15FN8. The summed E-state index contributed by atoms with van der Waals surface area (Å²) in [4.78, 5) is 17.2. The molecule has 9 heteroatoms. The van der Waals surface area contributed by atoms with Crippen LogP contribution in [0.15, 0.2) is 61.2 Å². The minimum absolute atomic E-state index is 0.287. The van der Waals surface area contributed by atoms with Crippen molar-refractivity contribution in [2.24, 2.45) is 7.05 Å². The number of aromatic amines is 2. The van der Waals surface area contributed by atoms with Gasteiger partial charge >= 0.3 is 0 Å². The zero-order valence-electron chi connectivity index (χ0n) is 16.3. The summed E-state index contributed by atoms with van der Waals surface area (Å²) in [6.07, 6.45) is 7.12. The van der Waals surface area contributed by atoms with E-state index in [1.165, 1.54) is 12.1 Å². The Morgan fingerprint density at radius 2 is 1.74 bits per heavy atom. The quantitative estimate of drug-likeness (QED) is 0.457. The van der Waals surface area contributed by atoms with Crippen LogP contribution in [0, 0.1) is 5.82 Å². The van der Waals surface area contributed by atoms with E-state index in [-0.39, 0.29) is 5.82 Å². The lowest BCUT2D eigenvalue weighted by Gasteiger charge is -2.01. The van der Waals surface area contributed by atoms with Gasteiger partial charge < -0.3 is 4.98 Å². The van der Waals surface area contributed by atoms with Crippen molar-refractivity contribution in [3.8, 4) is 33.9 Å². The Kier molecular flexibility index (Phi) is 3.69. The molecule has 0 saturated heterocycles. The molecule has 5 heterocycles. The Hall–Kier alpha value is -4.40. The van der Waals surface area contributed by atoms with Crippen molar-refractivity contribution in [1.82, 2.24) is 39.9 Å². The fourth-order valence-corrected chi connectivity index (χ4v) is 3.66. The first-order chi connectivity index (χ1) is 15.2. The number of rotatable bonds is 3. The van der Waals surface area contributed by atoms with E-state index < -0.39 is 0 Å². The van der Waals surface area contributed by atoms with Crippen molar-refractivity contribution in [2.45, 2.75) is 0 Å². The number of aromatic nitrogens is 8. The third kappa shape index (κ3) is 2.86. The molecule has 6 aromatic rings. The molecular weight excluding hydrogens is 395 g/mol. The van der Waals surface area contributed by atoms with Crippen molar-refractivity contribution < 1.29 is 4.39 Å². The molecule has 0 aliphatic carbocycles. The number of imidazole rings is 1. The van der Waals surface area contributed by atoms with E-state index in [1.807, 2.05) is 25.4 Å². The maximum atomic E-state index is 13.3. The molecule has 1 aromatic carbocycles. The summed E-state index contributed by atoms with van der Waals surface area (Å²) in [5.41, 5.74) is 6.98. The summed E-state index contributed by atoms with van der Waals surface area (Å²) in [6.45, 7) is 0. The van der Waals surface area contributed by atoms with E-state index in [4.69, 9.17) is 9.97 Å². The molecule has 8 nitrogen and oxygen atoms in total. The standard InChI is InChI=1S/C22H15FN8/c1-31-11-13(8-25-31)16-6-7-17-20(26-16)21(30-29-17)22-27-18-10-24-9-15(19(18)28-22)12-2-4-14(23)5-3-12/h2-11H,1H3,(H,27,28)(H,29,30). The fraction of sp³-hybridized carbons (Fsp3) is 0.0455. The molecule has 0 fully saturated rings. The van der Waals surface area contributed by atoms with Crippen molar-refractivity contribution in [3.05, 3.63) is 67.0 Å². The number of nitrogens with zero attached hydrogens (tertiary/aromatic N) is 6. The number of H-pyrrole nitrogens is 2. The van der Waals surface area contributed by atoms with Gasteiger partial charge in [-0.1, -0.05) is 12.1 Å². The molecule has 0 unspecified atom stereocenters. The first kappa shape index (κ1) is 17.5. The molecule has 0 radical (unpaired) electrons. The van der Waals surface area contributed by atoms with Crippen molar-refractivity contribution in [1.29, 1.82) is 0 Å². The molecule has 2 N–H and O–H groups in total. The minimum atomic E-state index is -0.287. The number of hydrogen-bond donors (Lipinski definition) is 2. The molecule has 5 aromatic heterocycles. The smallest absolute Gasteiger partial charge is 0.161 e. The van der Waals surface area contributed by atoms with E-state index in [0.29, 0.717) is 17.0 Å². The van der Waals surface area contributed by atoms with Crippen LogP contribution in [0.2, 0.25) is 0 Å². The second-order valence-electron chi connectivity index (χ2n) is 7.24. The summed E-state index contributed by atoms with van der Waals surface area (Å²) in [7, 11) is 1.87. The summed E-state index contributed by atoms with van der Waals surface area (Å²) in [6, 6.07) is 10.1. The molecule has 0 bridgehead atoms. The second kappa shape index (κ2) is 6.56. The van der Waals surface area contributed by atoms with Crippen molar-refractivity contribution in [3.63, 3.8) is 0 Å². The van der Waals surface area contributed by atoms with Gasteiger partial charge in [-0.05, 0) is 29.8 Å². The number of fused-ring (bicyclic) bond motifs is 2. The predicted molar refractivity (Wildman–Crippen MR) is 114 cm³/mol. The van der Waals surface area contributed by atoms with E-state index in [1.54, 1.807) is 35.4 Å². The molecule has 0 aliphatic rings. The number of aryl methyl sites for hydroxylation is 1. The van der Waals surface area contributed by atoms with Crippen LogP contribution in [0.4, 0.5) is 4.39 Å². The van der Waals surface area contributed by atoms with Gasteiger partial charge in [-0.3, -0.25) is 14.8 Å². The van der Waals surface area contributed by atoms with Gasteiger partial charge in [0.1, 0.15) is 11.3 Å². The van der Waals surface area contributed by atoms with Crippen LogP contribution in [-0.2, 0) is 7.05 Å². The highest BCUT2D eigenvalue weighted by atomic mass is 19.1. The Bertz CT molecular complexity index is 1560. The van der Waals surface area contributed by atoms with Crippen LogP contribution in [0.3, 0.4) is 0 Å². The lowest BCUT2D eigenvalue weighted by atomic mass is 10.1. The lowest BCUT2D eigenvalue weighted by Crippen LogP contribution is -1.87. The van der Waals surface area contributed by atoms with Gasteiger partial charge in [0.05, 0.1) is 34.6 Å². The number of halogens is 1. The summed E-state index contributed by atoms with van der Waals surface area (Å²) in [5.74, 6) is 0.290. The highest BCUT2D eigenvalue weighted by molar-refractivity contribution is 5.95. The topological polar surface area (TPSA) is 101 Å². The third-order valence-electron chi connectivity index (χ3n) is 5.18. The number of benzene rings is 1. The summed E-state index contributed by atoms with van der Waals surface area (Å²) < 4.78 is 15.1.